The molecule has 0 amide bonds. The lowest BCUT2D eigenvalue weighted by molar-refractivity contribution is -0.143. The molecule has 5 heteroatoms. The molecule has 1 heterocycles. The monoisotopic (exact) mass is 343 g/mol. The van der Waals surface area contributed by atoms with Gasteiger partial charge in [-0.1, -0.05) is 12.1 Å². The van der Waals surface area contributed by atoms with Gasteiger partial charge < -0.3 is 14.4 Å². The number of hydrogen-bond donors (Lipinski definition) is 0. The van der Waals surface area contributed by atoms with E-state index in [4.69, 9.17) is 9.47 Å². The molecule has 3 rings (SSSR count). The number of nitrogens with zero attached hydrogens (tertiary/aromatic N) is 1. The minimum Gasteiger partial charge on any atom is -0.466 e. The molecule has 25 heavy (non-hydrogen) atoms. The van der Waals surface area contributed by atoms with Gasteiger partial charge >= 0.3 is 5.97 Å². The second-order valence-electron chi connectivity index (χ2n) is 6.02. The first-order valence-electron chi connectivity index (χ1n) is 8.62. The van der Waals surface area contributed by atoms with E-state index in [9.17, 15) is 9.18 Å². The van der Waals surface area contributed by atoms with Gasteiger partial charge in [-0.15, -0.1) is 0 Å². The third-order valence-electron chi connectivity index (χ3n) is 4.32. The molecule has 1 unspecified atom stereocenters. The third kappa shape index (κ3) is 4.29. The molecule has 1 aliphatic heterocycles. The molecule has 2 aromatic carbocycles. The maximum Gasteiger partial charge on any atom is 0.307 e. The van der Waals surface area contributed by atoms with Crippen molar-refractivity contribution in [2.75, 3.05) is 18.1 Å². The number of rotatable bonds is 6. The molecule has 1 saturated heterocycles. The summed E-state index contributed by atoms with van der Waals surface area (Å²) in [7, 11) is 0. The van der Waals surface area contributed by atoms with Crippen molar-refractivity contribution < 1.29 is 18.7 Å². The van der Waals surface area contributed by atoms with Crippen LogP contribution in [0.4, 0.5) is 10.1 Å². The highest BCUT2D eigenvalue weighted by molar-refractivity contribution is 5.71. The van der Waals surface area contributed by atoms with E-state index >= 15 is 0 Å². The highest BCUT2D eigenvalue weighted by Crippen LogP contribution is 2.31. The van der Waals surface area contributed by atoms with Crippen LogP contribution in [0.5, 0.6) is 11.5 Å². The zero-order chi connectivity index (χ0) is 17.6. The van der Waals surface area contributed by atoms with Gasteiger partial charge in [0.25, 0.3) is 0 Å². The molecular weight excluding hydrogens is 321 g/mol. The van der Waals surface area contributed by atoms with Crippen LogP contribution in [-0.2, 0) is 9.53 Å². The normalized spacial score (nSPS) is 16.7. The Bertz CT molecular complexity index is 717. The summed E-state index contributed by atoms with van der Waals surface area (Å²) in [4.78, 5) is 14.0. The maximum absolute atomic E-state index is 13.7. The Morgan fingerprint density at radius 1 is 1.20 bits per heavy atom. The van der Waals surface area contributed by atoms with Crippen LogP contribution in [-0.4, -0.2) is 25.2 Å². The van der Waals surface area contributed by atoms with E-state index in [1.165, 1.54) is 6.07 Å². The average molecular weight is 343 g/mol. The fourth-order valence-electron chi connectivity index (χ4n) is 3.16. The molecule has 0 radical (unpaired) electrons. The Labute approximate surface area is 147 Å². The molecule has 1 aliphatic rings. The molecule has 0 spiro atoms. The molecule has 0 saturated carbocycles. The van der Waals surface area contributed by atoms with E-state index in [0.29, 0.717) is 18.8 Å². The molecular formula is C20H22FNO3. The van der Waals surface area contributed by atoms with Crippen molar-refractivity contribution in [2.45, 2.75) is 32.2 Å². The van der Waals surface area contributed by atoms with E-state index in [2.05, 4.69) is 4.90 Å². The zero-order valence-corrected chi connectivity index (χ0v) is 14.3. The first-order valence-corrected chi connectivity index (χ1v) is 8.62. The van der Waals surface area contributed by atoms with Crippen LogP contribution < -0.4 is 9.64 Å². The lowest BCUT2D eigenvalue weighted by Crippen LogP contribution is -2.31. The van der Waals surface area contributed by atoms with Crippen molar-refractivity contribution in [2.24, 2.45) is 0 Å². The summed E-state index contributed by atoms with van der Waals surface area (Å²) >= 11 is 0. The molecule has 1 fully saturated rings. The number of hydrogen-bond acceptors (Lipinski definition) is 4. The number of benzene rings is 2. The Kier molecular flexibility index (Phi) is 5.53. The van der Waals surface area contributed by atoms with Crippen LogP contribution in [0.1, 0.15) is 26.2 Å². The van der Waals surface area contributed by atoms with Crippen LogP contribution in [0, 0.1) is 5.82 Å². The van der Waals surface area contributed by atoms with Gasteiger partial charge in [-0.3, -0.25) is 4.79 Å². The Morgan fingerprint density at radius 2 is 1.96 bits per heavy atom. The van der Waals surface area contributed by atoms with Gasteiger partial charge in [-0.05, 0) is 56.2 Å². The van der Waals surface area contributed by atoms with Gasteiger partial charge in [0.1, 0.15) is 5.75 Å². The van der Waals surface area contributed by atoms with Gasteiger partial charge in [0.05, 0.1) is 13.0 Å². The molecule has 0 aliphatic carbocycles. The minimum absolute atomic E-state index is 0.154. The van der Waals surface area contributed by atoms with Gasteiger partial charge in [0, 0.05) is 18.3 Å². The molecule has 4 nitrogen and oxygen atoms in total. The van der Waals surface area contributed by atoms with Crippen molar-refractivity contribution in [1.29, 1.82) is 0 Å². The second-order valence-corrected chi connectivity index (χ2v) is 6.02. The van der Waals surface area contributed by atoms with E-state index in [1.807, 2.05) is 31.2 Å². The van der Waals surface area contributed by atoms with E-state index in [0.717, 1.165) is 25.1 Å². The lowest BCUT2D eigenvalue weighted by atomic mass is 10.1. The van der Waals surface area contributed by atoms with Gasteiger partial charge in [0.2, 0.25) is 0 Å². The maximum atomic E-state index is 13.7. The largest absolute Gasteiger partial charge is 0.466 e. The summed E-state index contributed by atoms with van der Waals surface area (Å²) in [6.45, 7) is 3.14. The molecule has 0 bridgehead atoms. The topological polar surface area (TPSA) is 38.8 Å². The first kappa shape index (κ1) is 17.3. The number of carbonyl (C=O) groups is 1. The predicted octanol–water partition coefficient (Wildman–Crippen LogP) is 4.54. The molecule has 0 N–H and O–H groups in total. The zero-order valence-electron chi connectivity index (χ0n) is 14.3. The van der Waals surface area contributed by atoms with Crippen molar-refractivity contribution in [3.8, 4) is 11.5 Å². The van der Waals surface area contributed by atoms with Gasteiger partial charge in [-0.2, -0.15) is 0 Å². The predicted molar refractivity (Wildman–Crippen MR) is 94.5 cm³/mol. The van der Waals surface area contributed by atoms with Crippen LogP contribution in [0.25, 0.3) is 0 Å². The van der Waals surface area contributed by atoms with E-state index in [-0.39, 0.29) is 23.6 Å². The number of carbonyl (C=O) groups excluding carboxylic acids is 1. The Morgan fingerprint density at radius 3 is 2.68 bits per heavy atom. The highest BCUT2D eigenvalue weighted by atomic mass is 19.1. The smallest absolute Gasteiger partial charge is 0.307 e. The summed E-state index contributed by atoms with van der Waals surface area (Å²) in [5, 5.41) is 0. The molecule has 2 aromatic rings. The number of para-hydroxylation sites is 1. The Balaban J connectivity index is 1.67. The fraction of sp³-hybridized carbons (Fsp3) is 0.350. The highest BCUT2D eigenvalue weighted by Gasteiger charge is 2.27. The average Bonchev–Trinajstić information content (AvgIpc) is 3.06. The number of anilines is 1. The fourth-order valence-corrected chi connectivity index (χ4v) is 3.16. The number of halogens is 1. The summed E-state index contributed by atoms with van der Waals surface area (Å²) in [5.74, 6) is 0.242. The summed E-state index contributed by atoms with van der Waals surface area (Å²) < 4.78 is 24.3. The number of esters is 1. The summed E-state index contributed by atoms with van der Waals surface area (Å²) in [6, 6.07) is 14.0. The van der Waals surface area contributed by atoms with Crippen LogP contribution >= 0.6 is 0 Å². The van der Waals surface area contributed by atoms with Gasteiger partial charge in [0.15, 0.2) is 11.6 Å². The van der Waals surface area contributed by atoms with Crippen LogP contribution in [0.2, 0.25) is 0 Å². The number of ether oxygens (including phenoxy) is 2. The quantitative estimate of drug-likeness (QED) is 0.722. The molecule has 132 valence electrons. The van der Waals surface area contributed by atoms with Crippen molar-refractivity contribution >= 4 is 11.7 Å². The first-order chi connectivity index (χ1) is 12.2. The standard InChI is InChI=1S/C20H22FNO3/c1-2-24-20(23)14-16-6-5-13-22(16)15-9-11-17(12-10-15)25-19-8-4-3-7-18(19)21/h3-4,7-12,16H,2,5-6,13-14H2,1H3. The SMILES string of the molecule is CCOC(=O)CC1CCCN1c1ccc(Oc2ccccc2F)cc1. The summed E-state index contributed by atoms with van der Waals surface area (Å²) in [6.07, 6.45) is 2.44. The lowest BCUT2D eigenvalue weighted by Gasteiger charge is -2.26. The van der Waals surface area contributed by atoms with Crippen LogP contribution in [0.3, 0.4) is 0 Å². The Hall–Kier alpha value is -2.56. The summed E-state index contributed by atoms with van der Waals surface area (Å²) in [5.41, 5.74) is 1.03. The molecule has 0 aromatic heterocycles. The van der Waals surface area contributed by atoms with Crippen molar-refractivity contribution in [3.05, 3.63) is 54.3 Å². The van der Waals surface area contributed by atoms with E-state index in [1.54, 1.807) is 18.2 Å². The van der Waals surface area contributed by atoms with Gasteiger partial charge in [-0.25, -0.2) is 4.39 Å². The molecule has 1 atom stereocenters. The van der Waals surface area contributed by atoms with Crippen molar-refractivity contribution in [3.63, 3.8) is 0 Å². The third-order valence-corrected chi connectivity index (χ3v) is 4.32. The minimum atomic E-state index is -0.388. The second kappa shape index (κ2) is 8.01. The van der Waals surface area contributed by atoms with Crippen LogP contribution in [0.15, 0.2) is 48.5 Å². The van der Waals surface area contributed by atoms with E-state index < -0.39 is 0 Å². The van der Waals surface area contributed by atoms with Crippen molar-refractivity contribution in [1.82, 2.24) is 0 Å².